The maximum Gasteiger partial charge on any atom is 0.261 e. The van der Waals surface area contributed by atoms with Crippen LogP contribution in [0.15, 0.2) is 65.6 Å². The standard InChI is InChI=1S/C16H10ClNO4S/c17-23(19,20)16-7-3-4-11-10-12(8-9-13(11)16)18-21-14-5-1-2-6-15(14)22-18/h1-10H. The van der Waals surface area contributed by atoms with Crippen molar-refractivity contribution >= 4 is 36.2 Å². The predicted octanol–water partition coefficient (Wildman–Crippen LogP) is 3.88. The van der Waals surface area contributed by atoms with Crippen molar-refractivity contribution < 1.29 is 18.1 Å². The maximum atomic E-state index is 11.6. The average Bonchev–Trinajstić information content (AvgIpc) is 2.97. The first kappa shape index (κ1) is 14.2. The zero-order valence-corrected chi connectivity index (χ0v) is 13.2. The molecule has 5 nitrogen and oxygen atoms in total. The van der Waals surface area contributed by atoms with E-state index in [9.17, 15) is 8.42 Å². The number of para-hydroxylation sites is 2. The number of rotatable bonds is 2. The topological polar surface area (TPSA) is 55.8 Å². The summed E-state index contributed by atoms with van der Waals surface area (Å²) in [4.78, 5) is 11.3. The molecule has 0 atom stereocenters. The Labute approximate surface area is 136 Å². The molecule has 0 aliphatic carbocycles. The van der Waals surface area contributed by atoms with Gasteiger partial charge in [0.25, 0.3) is 9.05 Å². The van der Waals surface area contributed by atoms with Gasteiger partial charge in [0.1, 0.15) is 5.69 Å². The summed E-state index contributed by atoms with van der Waals surface area (Å²) in [5.74, 6) is 1.23. The van der Waals surface area contributed by atoms with E-state index in [1.54, 1.807) is 42.5 Å². The fourth-order valence-electron chi connectivity index (χ4n) is 2.47. The van der Waals surface area contributed by atoms with Gasteiger partial charge in [0.15, 0.2) is 0 Å². The molecule has 7 heteroatoms. The second kappa shape index (κ2) is 5.04. The molecule has 1 aliphatic heterocycles. The van der Waals surface area contributed by atoms with Crippen LogP contribution < -0.4 is 14.9 Å². The Kier molecular flexibility index (Phi) is 3.11. The van der Waals surface area contributed by atoms with Crippen molar-refractivity contribution in [1.29, 1.82) is 0 Å². The molecule has 1 heterocycles. The highest BCUT2D eigenvalue weighted by molar-refractivity contribution is 8.14. The summed E-state index contributed by atoms with van der Waals surface area (Å²) < 4.78 is 23.3. The van der Waals surface area contributed by atoms with Crippen molar-refractivity contribution in [2.75, 3.05) is 5.23 Å². The maximum absolute atomic E-state index is 11.6. The van der Waals surface area contributed by atoms with E-state index in [1.165, 1.54) is 11.3 Å². The fourth-order valence-corrected chi connectivity index (χ4v) is 3.56. The van der Waals surface area contributed by atoms with Crippen LogP contribution in [-0.4, -0.2) is 8.42 Å². The van der Waals surface area contributed by atoms with Crippen LogP contribution >= 0.6 is 10.7 Å². The molecule has 0 radical (unpaired) electrons. The normalized spacial score (nSPS) is 13.5. The van der Waals surface area contributed by atoms with Crippen molar-refractivity contribution in [3.05, 3.63) is 60.7 Å². The van der Waals surface area contributed by atoms with Gasteiger partial charge in [-0.1, -0.05) is 30.3 Å². The van der Waals surface area contributed by atoms with E-state index in [2.05, 4.69) is 0 Å². The Morgan fingerprint density at radius 1 is 0.870 bits per heavy atom. The molecular formula is C16H10ClNO4S. The summed E-state index contributed by atoms with van der Waals surface area (Å²) in [7, 11) is 1.67. The van der Waals surface area contributed by atoms with E-state index in [4.69, 9.17) is 20.4 Å². The fraction of sp³-hybridized carbons (Fsp3) is 0. The summed E-state index contributed by atoms with van der Waals surface area (Å²) in [5, 5.41) is 2.54. The van der Waals surface area contributed by atoms with E-state index < -0.39 is 9.05 Å². The first-order chi connectivity index (χ1) is 11.0. The molecule has 0 spiro atoms. The first-order valence-electron chi connectivity index (χ1n) is 6.75. The molecule has 0 N–H and O–H groups in total. The number of hydrogen-bond acceptors (Lipinski definition) is 5. The molecule has 3 aromatic carbocycles. The van der Waals surface area contributed by atoms with Crippen molar-refractivity contribution in [2.24, 2.45) is 0 Å². The summed E-state index contributed by atoms with van der Waals surface area (Å²) >= 11 is 0. The molecule has 1 aliphatic rings. The SMILES string of the molecule is O=S(=O)(Cl)c1cccc2cc(N3Oc4ccccc4O3)ccc12. The highest BCUT2D eigenvalue weighted by Gasteiger charge is 2.23. The number of fused-ring (bicyclic) bond motifs is 2. The minimum absolute atomic E-state index is 0.0785. The van der Waals surface area contributed by atoms with Gasteiger partial charge in [-0.15, -0.1) is 0 Å². The molecule has 0 aromatic heterocycles. The van der Waals surface area contributed by atoms with Gasteiger partial charge in [0.2, 0.25) is 11.5 Å². The molecular weight excluding hydrogens is 338 g/mol. The third-order valence-electron chi connectivity index (χ3n) is 3.51. The summed E-state index contributed by atoms with van der Waals surface area (Å²) in [5.41, 5.74) is 0.637. The molecule has 0 saturated carbocycles. The van der Waals surface area contributed by atoms with E-state index in [-0.39, 0.29) is 4.90 Å². The molecule has 4 rings (SSSR count). The molecule has 0 amide bonds. The summed E-state index contributed by atoms with van der Waals surface area (Å²) in [6.07, 6.45) is 0. The Morgan fingerprint density at radius 2 is 1.57 bits per heavy atom. The van der Waals surface area contributed by atoms with E-state index in [1.807, 2.05) is 12.1 Å². The lowest BCUT2D eigenvalue weighted by atomic mass is 10.1. The van der Waals surface area contributed by atoms with E-state index >= 15 is 0 Å². The predicted molar refractivity (Wildman–Crippen MR) is 87.2 cm³/mol. The second-order valence-electron chi connectivity index (χ2n) is 4.99. The quantitative estimate of drug-likeness (QED) is 0.658. The van der Waals surface area contributed by atoms with Crippen LogP contribution in [0.25, 0.3) is 10.8 Å². The Balaban J connectivity index is 1.77. The van der Waals surface area contributed by atoms with Gasteiger partial charge in [0, 0.05) is 16.1 Å². The summed E-state index contributed by atoms with van der Waals surface area (Å²) in [6, 6.07) is 17.4. The number of hydrogen-bond donors (Lipinski definition) is 0. The lowest BCUT2D eigenvalue weighted by molar-refractivity contribution is 0.123. The number of halogens is 1. The van der Waals surface area contributed by atoms with Crippen molar-refractivity contribution in [3.8, 4) is 11.5 Å². The van der Waals surface area contributed by atoms with Crippen molar-refractivity contribution in [2.45, 2.75) is 4.90 Å². The molecule has 0 bridgehead atoms. The van der Waals surface area contributed by atoms with Gasteiger partial charge in [-0.25, -0.2) is 8.42 Å². The Morgan fingerprint density at radius 3 is 2.22 bits per heavy atom. The monoisotopic (exact) mass is 347 g/mol. The Bertz CT molecular complexity index is 995. The van der Waals surface area contributed by atoms with Crippen LogP contribution in [0.1, 0.15) is 0 Å². The van der Waals surface area contributed by atoms with Crippen LogP contribution in [0.4, 0.5) is 5.69 Å². The third kappa shape index (κ3) is 2.46. The van der Waals surface area contributed by atoms with E-state index in [0.717, 1.165) is 0 Å². The number of nitrogens with zero attached hydrogens (tertiary/aromatic N) is 1. The highest BCUT2D eigenvalue weighted by Crippen LogP contribution is 2.37. The zero-order chi connectivity index (χ0) is 16.0. The molecule has 0 unspecified atom stereocenters. The number of anilines is 1. The average molecular weight is 348 g/mol. The van der Waals surface area contributed by atoms with Gasteiger partial charge in [0.05, 0.1) is 4.90 Å². The highest BCUT2D eigenvalue weighted by atomic mass is 35.7. The Hall–Kier alpha value is -2.44. The molecule has 3 aromatic rings. The smallest absolute Gasteiger partial charge is 0.261 e. The minimum atomic E-state index is -3.81. The van der Waals surface area contributed by atoms with Gasteiger partial charge in [-0.3, -0.25) is 0 Å². The molecule has 0 saturated heterocycles. The zero-order valence-electron chi connectivity index (χ0n) is 11.6. The van der Waals surface area contributed by atoms with Crippen LogP contribution in [0.2, 0.25) is 0 Å². The minimum Gasteiger partial charge on any atom is -0.341 e. The lowest BCUT2D eigenvalue weighted by Crippen LogP contribution is -2.25. The van der Waals surface area contributed by atoms with Crippen LogP contribution in [0.5, 0.6) is 11.5 Å². The second-order valence-corrected chi connectivity index (χ2v) is 7.52. The van der Waals surface area contributed by atoms with Crippen LogP contribution in [0, 0.1) is 0 Å². The van der Waals surface area contributed by atoms with E-state index in [0.29, 0.717) is 28.0 Å². The summed E-state index contributed by atoms with van der Waals surface area (Å²) in [6.45, 7) is 0. The number of benzene rings is 3. The van der Waals surface area contributed by atoms with Gasteiger partial charge < -0.3 is 9.68 Å². The lowest BCUT2D eigenvalue weighted by Gasteiger charge is -2.15. The molecule has 116 valence electrons. The van der Waals surface area contributed by atoms with Crippen molar-refractivity contribution in [1.82, 2.24) is 0 Å². The first-order valence-corrected chi connectivity index (χ1v) is 9.06. The van der Waals surface area contributed by atoms with Crippen LogP contribution in [0.3, 0.4) is 0 Å². The molecule has 0 fully saturated rings. The van der Waals surface area contributed by atoms with Crippen LogP contribution in [-0.2, 0) is 9.05 Å². The van der Waals surface area contributed by atoms with Crippen molar-refractivity contribution in [3.63, 3.8) is 0 Å². The van der Waals surface area contributed by atoms with Gasteiger partial charge in [-0.2, -0.15) is 0 Å². The van der Waals surface area contributed by atoms with Gasteiger partial charge >= 0.3 is 0 Å². The third-order valence-corrected chi connectivity index (χ3v) is 4.89. The molecule has 23 heavy (non-hydrogen) atoms. The largest absolute Gasteiger partial charge is 0.341 e. The van der Waals surface area contributed by atoms with Gasteiger partial charge in [-0.05, 0) is 40.9 Å².